The molecular formula is C17H19N3OS. The first-order chi connectivity index (χ1) is 10.7. The first kappa shape index (κ1) is 15.9. The van der Waals surface area contributed by atoms with Crippen LogP contribution in [0.3, 0.4) is 0 Å². The average molecular weight is 313 g/mol. The summed E-state index contributed by atoms with van der Waals surface area (Å²) in [6, 6.07) is 15.7. The van der Waals surface area contributed by atoms with Crippen LogP contribution in [0.5, 0.6) is 5.75 Å². The highest BCUT2D eigenvalue weighted by Gasteiger charge is 2.02. The van der Waals surface area contributed by atoms with E-state index in [1.54, 1.807) is 13.2 Å². The normalized spacial score (nSPS) is 9.68. The van der Waals surface area contributed by atoms with Gasteiger partial charge in [0, 0.05) is 17.9 Å². The van der Waals surface area contributed by atoms with E-state index in [0.717, 1.165) is 22.8 Å². The molecule has 0 aliphatic heterocycles. The fraction of sp³-hybridized carbons (Fsp3) is 0.118. The molecule has 5 heteroatoms. The molecule has 0 atom stereocenters. The van der Waals surface area contributed by atoms with Crippen LogP contribution in [0.4, 0.5) is 17.1 Å². The Bertz CT molecular complexity index is 641. The fourth-order valence-electron chi connectivity index (χ4n) is 1.88. The van der Waals surface area contributed by atoms with Crippen molar-refractivity contribution in [2.24, 2.45) is 0 Å². The summed E-state index contributed by atoms with van der Waals surface area (Å²) in [4.78, 5) is 0. The van der Waals surface area contributed by atoms with E-state index in [2.05, 4.69) is 22.5 Å². The minimum absolute atomic E-state index is 0.574. The predicted octanol–water partition coefficient (Wildman–Crippen LogP) is 3.91. The summed E-state index contributed by atoms with van der Waals surface area (Å²) in [7, 11) is 1.66. The Morgan fingerprint density at radius 3 is 2.50 bits per heavy atom. The van der Waals surface area contributed by atoms with Crippen molar-refractivity contribution in [2.75, 3.05) is 24.3 Å². The highest BCUT2D eigenvalue weighted by atomic mass is 32.1. The highest BCUT2D eigenvalue weighted by Crippen LogP contribution is 2.27. The summed E-state index contributed by atoms with van der Waals surface area (Å²) in [5.41, 5.74) is 2.82. The molecule has 0 aromatic heterocycles. The number of hydrogen-bond acceptors (Lipinski definition) is 3. The summed E-state index contributed by atoms with van der Waals surface area (Å²) in [5, 5.41) is 10.0. The molecule has 0 saturated heterocycles. The number of nitrogens with one attached hydrogen (secondary N) is 3. The molecule has 114 valence electrons. The van der Waals surface area contributed by atoms with Gasteiger partial charge in [-0.1, -0.05) is 18.2 Å². The topological polar surface area (TPSA) is 45.3 Å². The molecule has 2 aromatic carbocycles. The molecule has 2 rings (SSSR count). The van der Waals surface area contributed by atoms with Crippen molar-refractivity contribution in [3.05, 3.63) is 61.2 Å². The maximum Gasteiger partial charge on any atom is 0.171 e. The van der Waals surface area contributed by atoms with Gasteiger partial charge in [-0.15, -0.1) is 6.58 Å². The quantitative estimate of drug-likeness (QED) is 0.557. The Balaban J connectivity index is 2.00. The molecule has 0 unspecified atom stereocenters. The zero-order valence-corrected chi connectivity index (χ0v) is 13.2. The van der Waals surface area contributed by atoms with E-state index in [-0.39, 0.29) is 0 Å². The second kappa shape index (κ2) is 8.05. The lowest BCUT2D eigenvalue weighted by molar-refractivity contribution is 0.417. The number of rotatable bonds is 6. The highest BCUT2D eigenvalue weighted by molar-refractivity contribution is 7.80. The number of hydrogen-bond donors (Lipinski definition) is 3. The smallest absolute Gasteiger partial charge is 0.171 e. The van der Waals surface area contributed by atoms with E-state index < -0.39 is 0 Å². The molecule has 0 spiro atoms. The van der Waals surface area contributed by atoms with Gasteiger partial charge in [0.05, 0.1) is 12.8 Å². The number of anilines is 3. The molecule has 0 radical (unpaired) electrons. The lowest BCUT2D eigenvalue weighted by atomic mass is 10.2. The van der Waals surface area contributed by atoms with Gasteiger partial charge < -0.3 is 20.7 Å². The van der Waals surface area contributed by atoms with Gasteiger partial charge in [-0.05, 0) is 48.6 Å². The molecule has 2 aromatic rings. The van der Waals surface area contributed by atoms with Crippen molar-refractivity contribution < 1.29 is 4.74 Å². The van der Waals surface area contributed by atoms with Crippen molar-refractivity contribution >= 4 is 34.4 Å². The summed E-state index contributed by atoms with van der Waals surface area (Å²) < 4.78 is 5.32. The maximum atomic E-state index is 5.32. The third-order valence-electron chi connectivity index (χ3n) is 2.94. The van der Waals surface area contributed by atoms with Crippen LogP contribution in [0.2, 0.25) is 0 Å². The Labute approximate surface area is 136 Å². The molecule has 0 heterocycles. The monoisotopic (exact) mass is 313 g/mol. The number of para-hydroxylation sites is 2. The minimum Gasteiger partial charge on any atom is -0.495 e. The van der Waals surface area contributed by atoms with Crippen LogP contribution in [0.1, 0.15) is 0 Å². The Kier molecular flexibility index (Phi) is 5.80. The van der Waals surface area contributed by atoms with Crippen molar-refractivity contribution in [1.82, 2.24) is 5.32 Å². The molecule has 22 heavy (non-hydrogen) atoms. The van der Waals surface area contributed by atoms with Gasteiger partial charge in [-0.2, -0.15) is 0 Å². The van der Waals surface area contributed by atoms with E-state index in [1.165, 1.54) is 0 Å². The van der Waals surface area contributed by atoms with Gasteiger partial charge >= 0.3 is 0 Å². The van der Waals surface area contributed by atoms with Crippen LogP contribution in [0.15, 0.2) is 61.2 Å². The molecule has 0 fully saturated rings. The SMILES string of the molecule is C=CCNC(=S)Nc1ccc(Nc2ccccc2OC)cc1. The van der Waals surface area contributed by atoms with Gasteiger partial charge in [-0.25, -0.2) is 0 Å². The molecule has 0 amide bonds. The first-order valence-electron chi connectivity index (χ1n) is 6.89. The number of methoxy groups -OCH3 is 1. The summed E-state index contributed by atoms with van der Waals surface area (Å²) >= 11 is 5.17. The van der Waals surface area contributed by atoms with Gasteiger partial charge in [0.1, 0.15) is 5.75 Å². The zero-order chi connectivity index (χ0) is 15.8. The van der Waals surface area contributed by atoms with Gasteiger partial charge in [-0.3, -0.25) is 0 Å². The van der Waals surface area contributed by atoms with Crippen molar-refractivity contribution in [3.63, 3.8) is 0 Å². The van der Waals surface area contributed by atoms with Gasteiger partial charge in [0.2, 0.25) is 0 Å². The third kappa shape index (κ3) is 4.49. The second-order valence-electron chi connectivity index (χ2n) is 4.53. The molecular weight excluding hydrogens is 294 g/mol. The predicted molar refractivity (Wildman–Crippen MR) is 97.1 cm³/mol. The number of benzene rings is 2. The van der Waals surface area contributed by atoms with Crippen molar-refractivity contribution in [3.8, 4) is 5.75 Å². The Hall–Kier alpha value is -2.53. The van der Waals surface area contributed by atoms with E-state index in [0.29, 0.717) is 11.7 Å². The summed E-state index contributed by atoms with van der Waals surface area (Å²) in [6.07, 6.45) is 1.76. The van der Waals surface area contributed by atoms with E-state index >= 15 is 0 Å². The summed E-state index contributed by atoms with van der Waals surface area (Å²) in [6.45, 7) is 4.28. The fourth-order valence-corrected chi connectivity index (χ4v) is 2.08. The van der Waals surface area contributed by atoms with E-state index in [1.807, 2.05) is 48.5 Å². The minimum atomic E-state index is 0.574. The second-order valence-corrected chi connectivity index (χ2v) is 4.93. The Morgan fingerprint density at radius 2 is 1.82 bits per heavy atom. The van der Waals surface area contributed by atoms with Crippen LogP contribution in [0.25, 0.3) is 0 Å². The Morgan fingerprint density at radius 1 is 1.14 bits per heavy atom. The lowest BCUT2D eigenvalue weighted by Crippen LogP contribution is -2.28. The standard InChI is InChI=1S/C17H19N3OS/c1-3-12-18-17(22)20-14-10-8-13(9-11-14)19-15-6-4-5-7-16(15)21-2/h3-11,19H,1,12H2,2H3,(H2,18,20,22). The number of ether oxygens (including phenoxy) is 1. The van der Waals surface area contributed by atoms with Gasteiger partial charge in [0.25, 0.3) is 0 Å². The van der Waals surface area contributed by atoms with E-state index in [9.17, 15) is 0 Å². The third-order valence-corrected chi connectivity index (χ3v) is 3.18. The summed E-state index contributed by atoms with van der Waals surface area (Å²) in [5.74, 6) is 0.805. The first-order valence-corrected chi connectivity index (χ1v) is 7.29. The molecule has 3 N–H and O–H groups in total. The van der Waals surface area contributed by atoms with Crippen LogP contribution < -0.4 is 20.7 Å². The largest absolute Gasteiger partial charge is 0.495 e. The van der Waals surface area contributed by atoms with Crippen LogP contribution in [-0.4, -0.2) is 18.8 Å². The zero-order valence-electron chi connectivity index (χ0n) is 12.4. The van der Waals surface area contributed by atoms with Crippen molar-refractivity contribution in [2.45, 2.75) is 0 Å². The molecule has 0 bridgehead atoms. The molecule has 0 saturated carbocycles. The van der Waals surface area contributed by atoms with Crippen molar-refractivity contribution in [1.29, 1.82) is 0 Å². The van der Waals surface area contributed by atoms with Crippen LogP contribution in [-0.2, 0) is 0 Å². The average Bonchev–Trinajstić information content (AvgIpc) is 2.55. The van der Waals surface area contributed by atoms with Crippen LogP contribution >= 0.6 is 12.2 Å². The molecule has 0 aliphatic carbocycles. The van der Waals surface area contributed by atoms with Crippen LogP contribution in [0, 0.1) is 0 Å². The molecule has 0 aliphatic rings. The molecule has 4 nitrogen and oxygen atoms in total. The maximum absolute atomic E-state index is 5.32. The van der Waals surface area contributed by atoms with Gasteiger partial charge in [0.15, 0.2) is 5.11 Å². The van der Waals surface area contributed by atoms with E-state index in [4.69, 9.17) is 17.0 Å². The number of thiocarbonyl (C=S) groups is 1. The lowest BCUT2D eigenvalue weighted by Gasteiger charge is -2.12.